The van der Waals surface area contributed by atoms with Crippen LogP contribution in [0.3, 0.4) is 0 Å². The maximum atomic E-state index is 8.63. The third kappa shape index (κ3) is 5.66. The van der Waals surface area contributed by atoms with Gasteiger partial charge in [-0.15, -0.1) is 0 Å². The van der Waals surface area contributed by atoms with Crippen molar-refractivity contribution in [2.24, 2.45) is 0 Å². The van der Waals surface area contributed by atoms with Crippen LogP contribution in [-0.4, -0.2) is 58.0 Å². The van der Waals surface area contributed by atoms with Crippen molar-refractivity contribution in [1.82, 2.24) is 10.2 Å². The van der Waals surface area contributed by atoms with Gasteiger partial charge in [0.1, 0.15) is 6.07 Å². The fourth-order valence-corrected chi connectivity index (χ4v) is 3.02. The van der Waals surface area contributed by atoms with Gasteiger partial charge in [0.05, 0.1) is 24.8 Å². The summed E-state index contributed by atoms with van der Waals surface area (Å²) in [4.78, 5) is 2.39. The number of halogens is 1. The quantitative estimate of drug-likeness (QED) is 0.690. The Kier molecular flexibility index (Phi) is 7.62. The number of nitriles is 1. The van der Waals surface area contributed by atoms with E-state index in [-0.39, 0.29) is 6.61 Å². The van der Waals surface area contributed by atoms with E-state index in [9.17, 15) is 0 Å². The molecule has 0 saturated carbocycles. The van der Waals surface area contributed by atoms with Crippen molar-refractivity contribution in [3.8, 4) is 17.6 Å². The van der Waals surface area contributed by atoms with Crippen LogP contribution in [0.15, 0.2) is 16.6 Å². The molecule has 0 spiro atoms. The number of hydrogen-bond acceptors (Lipinski definition) is 6. The van der Waals surface area contributed by atoms with Crippen molar-refractivity contribution in [2.75, 3.05) is 53.1 Å². The largest absolute Gasteiger partial charge is 0.493 e. The number of nitrogens with one attached hydrogen (secondary N) is 1. The Morgan fingerprint density at radius 1 is 1.39 bits per heavy atom. The summed E-state index contributed by atoms with van der Waals surface area (Å²) in [5, 5.41) is 12.1. The van der Waals surface area contributed by atoms with Gasteiger partial charge in [-0.1, -0.05) is 0 Å². The lowest BCUT2D eigenvalue weighted by molar-refractivity contribution is 0.0384. The van der Waals surface area contributed by atoms with Crippen molar-refractivity contribution >= 4 is 15.9 Å². The maximum absolute atomic E-state index is 8.63. The molecule has 1 aromatic carbocycles. The maximum Gasteiger partial charge on any atom is 0.176 e. The van der Waals surface area contributed by atoms with Crippen LogP contribution >= 0.6 is 15.9 Å². The summed E-state index contributed by atoms with van der Waals surface area (Å²) in [6, 6.07) is 5.87. The predicted octanol–water partition coefficient (Wildman–Crippen LogP) is 1.78. The van der Waals surface area contributed by atoms with Crippen LogP contribution in [0.4, 0.5) is 0 Å². The van der Waals surface area contributed by atoms with Crippen LogP contribution in [0.5, 0.6) is 11.5 Å². The van der Waals surface area contributed by atoms with Crippen LogP contribution < -0.4 is 14.8 Å². The van der Waals surface area contributed by atoms with Gasteiger partial charge in [0.25, 0.3) is 0 Å². The lowest BCUT2D eigenvalue weighted by atomic mass is 10.2. The fraction of sp³-hybridized carbons (Fsp3) is 0.562. The van der Waals surface area contributed by atoms with Crippen molar-refractivity contribution in [1.29, 1.82) is 5.26 Å². The second kappa shape index (κ2) is 9.73. The van der Waals surface area contributed by atoms with Gasteiger partial charge in [-0.25, -0.2) is 0 Å². The Hall–Kier alpha value is -1.33. The fourth-order valence-electron chi connectivity index (χ4n) is 2.41. The molecule has 0 amide bonds. The molecule has 1 heterocycles. The molecular formula is C16H22BrN3O3. The molecule has 0 aromatic heterocycles. The van der Waals surface area contributed by atoms with Crippen LogP contribution in [-0.2, 0) is 11.3 Å². The Bertz CT molecular complexity index is 542. The van der Waals surface area contributed by atoms with Gasteiger partial charge in [-0.2, -0.15) is 5.26 Å². The molecule has 7 heteroatoms. The smallest absolute Gasteiger partial charge is 0.176 e. The average molecular weight is 384 g/mol. The zero-order valence-electron chi connectivity index (χ0n) is 13.3. The van der Waals surface area contributed by atoms with Gasteiger partial charge in [0.15, 0.2) is 18.1 Å². The predicted molar refractivity (Wildman–Crippen MR) is 90.8 cm³/mol. The second-order valence-corrected chi connectivity index (χ2v) is 6.04. The summed E-state index contributed by atoms with van der Waals surface area (Å²) in [6.45, 7) is 6.35. The summed E-state index contributed by atoms with van der Waals surface area (Å²) < 4.78 is 16.9. The van der Waals surface area contributed by atoms with Gasteiger partial charge in [0.2, 0.25) is 0 Å². The Morgan fingerprint density at radius 3 is 2.87 bits per heavy atom. The standard InChI is InChI=1S/C16H22BrN3O3/c1-21-15-11-13(10-14(17)16(15)23-7-2-18)12-19-3-4-20-5-8-22-9-6-20/h10-11,19H,3-9,12H2,1H3. The van der Waals surface area contributed by atoms with Gasteiger partial charge < -0.3 is 19.5 Å². The van der Waals surface area contributed by atoms with Crippen molar-refractivity contribution in [2.45, 2.75) is 6.54 Å². The van der Waals surface area contributed by atoms with E-state index in [2.05, 4.69) is 26.1 Å². The van der Waals surface area contributed by atoms with E-state index in [4.69, 9.17) is 19.5 Å². The number of nitrogens with zero attached hydrogens (tertiary/aromatic N) is 2. The first-order valence-corrected chi connectivity index (χ1v) is 8.41. The molecular weight excluding hydrogens is 362 g/mol. The van der Waals surface area contributed by atoms with Crippen molar-refractivity contribution in [3.63, 3.8) is 0 Å². The molecule has 1 aliphatic heterocycles. The normalized spacial score (nSPS) is 15.2. The molecule has 1 aromatic rings. The number of morpholine rings is 1. The summed E-state index contributed by atoms with van der Waals surface area (Å²) in [7, 11) is 1.59. The first-order valence-electron chi connectivity index (χ1n) is 7.61. The molecule has 0 unspecified atom stereocenters. The number of benzene rings is 1. The van der Waals surface area contributed by atoms with Gasteiger partial charge >= 0.3 is 0 Å². The van der Waals surface area contributed by atoms with E-state index in [1.807, 2.05) is 18.2 Å². The van der Waals surface area contributed by atoms with Crippen LogP contribution in [0.25, 0.3) is 0 Å². The summed E-state index contributed by atoms with van der Waals surface area (Å²) >= 11 is 3.48. The zero-order valence-corrected chi connectivity index (χ0v) is 14.9. The van der Waals surface area contributed by atoms with E-state index in [1.165, 1.54) is 0 Å². The molecule has 6 nitrogen and oxygen atoms in total. The van der Waals surface area contributed by atoms with Gasteiger partial charge in [0, 0.05) is 32.7 Å². The van der Waals surface area contributed by atoms with Crippen molar-refractivity contribution in [3.05, 3.63) is 22.2 Å². The Labute approximate surface area is 145 Å². The molecule has 126 valence electrons. The number of rotatable bonds is 8. The molecule has 1 N–H and O–H groups in total. The number of hydrogen-bond donors (Lipinski definition) is 1. The monoisotopic (exact) mass is 383 g/mol. The first-order chi connectivity index (χ1) is 11.2. The molecule has 2 rings (SSSR count). The number of ether oxygens (including phenoxy) is 3. The third-order valence-electron chi connectivity index (χ3n) is 3.61. The van der Waals surface area contributed by atoms with E-state index in [0.717, 1.165) is 56.0 Å². The molecule has 0 atom stereocenters. The molecule has 1 fully saturated rings. The molecule has 0 radical (unpaired) electrons. The lowest BCUT2D eigenvalue weighted by Gasteiger charge is -2.26. The lowest BCUT2D eigenvalue weighted by Crippen LogP contribution is -2.40. The summed E-state index contributed by atoms with van der Waals surface area (Å²) in [6.07, 6.45) is 0. The Balaban J connectivity index is 1.84. The molecule has 1 saturated heterocycles. The van der Waals surface area contributed by atoms with Gasteiger partial charge in [-0.05, 0) is 33.6 Å². The van der Waals surface area contributed by atoms with E-state index >= 15 is 0 Å². The minimum atomic E-state index is -0.00783. The van der Waals surface area contributed by atoms with E-state index < -0.39 is 0 Å². The van der Waals surface area contributed by atoms with Crippen LogP contribution in [0.2, 0.25) is 0 Å². The van der Waals surface area contributed by atoms with Crippen LogP contribution in [0, 0.1) is 11.3 Å². The topological polar surface area (TPSA) is 66.8 Å². The minimum absolute atomic E-state index is 0.00783. The SMILES string of the molecule is COc1cc(CNCCN2CCOCC2)cc(Br)c1OCC#N. The second-order valence-electron chi connectivity index (χ2n) is 5.19. The highest BCUT2D eigenvalue weighted by molar-refractivity contribution is 9.10. The highest BCUT2D eigenvalue weighted by atomic mass is 79.9. The summed E-state index contributed by atoms with van der Waals surface area (Å²) in [5.41, 5.74) is 1.10. The molecule has 0 aliphatic carbocycles. The third-order valence-corrected chi connectivity index (χ3v) is 4.20. The molecule has 0 bridgehead atoms. The summed E-state index contributed by atoms with van der Waals surface area (Å²) in [5.74, 6) is 1.19. The van der Waals surface area contributed by atoms with E-state index in [0.29, 0.717) is 11.5 Å². The van der Waals surface area contributed by atoms with Crippen LogP contribution in [0.1, 0.15) is 5.56 Å². The Morgan fingerprint density at radius 2 is 2.17 bits per heavy atom. The minimum Gasteiger partial charge on any atom is -0.493 e. The molecule has 23 heavy (non-hydrogen) atoms. The van der Waals surface area contributed by atoms with Crippen molar-refractivity contribution < 1.29 is 14.2 Å². The molecule has 1 aliphatic rings. The highest BCUT2D eigenvalue weighted by Gasteiger charge is 2.12. The van der Waals surface area contributed by atoms with E-state index in [1.54, 1.807) is 7.11 Å². The zero-order chi connectivity index (χ0) is 16.5. The van der Waals surface area contributed by atoms with Gasteiger partial charge in [-0.3, -0.25) is 4.90 Å². The first kappa shape index (κ1) is 18.0. The average Bonchev–Trinajstić information content (AvgIpc) is 2.58. The number of methoxy groups -OCH3 is 1. The highest BCUT2D eigenvalue weighted by Crippen LogP contribution is 2.36.